The molecule has 8 heteroatoms. The molecule has 4 rings (SSSR count). The van der Waals surface area contributed by atoms with E-state index in [1.807, 2.05) is 60.7 Å². The van der Waals surface area contributed by atoms with Crippen molar-refractivity contribution in [2.45, 2.75) is 18.4 Å². The maximum atomic E-state index is 13.7. The number of non-ortho nitro benzene ring substituents is 1. The van der Waals surface area contributed by atoms with Crippen LogP contribution in [0.5, 0.6) is 5.75 Å². The van der Waals surface area contributed by atoms with E-state index in [0.717, 1.165) is 11.1 Å². The predicted molar refractivity (Wildman–Crippen MR) is 145 cm³/mol. The van der Waals surface area contributed by atoms with Gasteiger partial charge in [-0.2, -0.15) is 0 Å². The fraction of sp³-hybridized carbons (Fsp3) is 0.133. The number of ether oxygens (including phenoxy) is 1. The summed E-state index contributed by atoms with van der Waals surface area (Å²) in [7, 11) is 1.55. The number of carbonyl (C=O) groups excluding carboxylic acids is 2. The highest BCUT2D eigenvalue weighted by atomic mass is 16.6. The number of nitro groups is 1. The predicted octanol–water partition coefficient (Wildman–Crippen LogP) is 5.10. The number of carbonyl (C=O) groups is 2. The van der Waals surface area contributed by atoms with Crippen LogP contribution in [0, 0.1) is 10.1 Å². The van der Waals surface area contributed by atoms with E-state index in [1.54, 1.807) is 43.5 Å². The molecule has 8 nitrogen and oxygen atoms in total. The van der Waals surface area contributed by atoms with E-state index < -0.39 is 22.8 Å². The normalized spacial score (nSPS) is 11.4. The fourth-order valence-corrected chi connectivity index (χ4v) is 4.14. The highest BCUT2D eigenvalue weighted by Crippen LogP contribution is 2.25. The SMILES string of the molecule is COc1ccc(NC(=O)[C@H](Cc2ccc([N+](=O)[O-])cc2)NC(=O)C(c2ccccc2)c2ccccc2)cc1. The number of methoxy groups -OCH3 is 1. The Bertz CT molecular complexity index is 1340. The second-order valence-electron chi connectivity index (χ2n) is 8.66. The summed E-state index contributed by atoms with van der Waals surface area (Å²) in [6.07, 6.45) is 0.141. The molecule has 0 saturated heterocycles. The van der Waals surface area contributed by atoms with E-state index in [-0.39, 0.29) is 18.0 Å². The molecule has 0 spiro atoms. The maximum Gasteiger partial charge on any atom is 0.269 e. The van der Waals surface area contributed by atoms with Crippen molar-refractivity contribution < 1.29 is 19.2 Å². The first-order valence-corrected chi connectivity index (χ1v) is 12.0. The Kier molecular flexibility index (Phi) is 8.46. The van der Waals surface area contributed by atoms with Gasteiger partial charge in [0.25, 0.3) is 5.69 Å². The smallest absolute Gasteiger partial charge is 0.269 e. The van der Waals surface area contributed by atoms with Gasteiger partial charge in [0, 0.05) is 24.2 Å². The van der Waals surface area contributed by atoms with Crippen molar-refractivity contribution in [2.75, 3.05) is 12.4 Å². The Labute approximate surface area is 220 Å². The lowest BCUT2D eigenvalue weighted by Crippen LogP contribution is -2.47. The minimum Gasteiger partial charge on any atom is -0.497 e. The van der Waals surface area contributed by atoms with Crippen LogP contribution >= 0.6 is 0 Å². The summed E-state index contributed by atoms with van der Waals surface area (Å²) in [4.78, 5) is 37.7. The summed E-state index contributed by atoms with van der Waals surface area (Å²) in [5.74, 6) is -0.737. The number of nitrogens with one attached hydrogen (secondary N) is 2. The molecular formula is C30H27N3O5. The molecule has 0 aliphatic heterocycles. The van der Waals surface area contributed by atoms with E-state index in [1.165, 1.54) is 12.1 Å². The van der Waals surface area contributed by atoms with Crippen molar-refractivity contribution in [3.8, 4) is 5.75 Å². The highest BCUT2D eigenvalue weighted by molar-refractivity contribution is 5.99. The van der Waals surface area contributed by atoms with E-state index in [4.69, 9.17) is 4.74 Å². The molecule has 0 heterocycles. The van der Waals surface area contributed by atoms with Gasteiger partial charge < -0.3 is 15.4 Å². The van der Waals surface area contributed by atoms with Crippen molar-refractivity contribution in [1.29, 1.82) is 0 Å². The molecule has 38 heavy (non-hydrogen) atoms. The van der Waals surface area contributed by atoms with E-state index >= 15 is 0 Å². The van der Waals surface area contributed by atoms with Gasteiger partial charge in [-0.3, -0.25) is 19.7 Å². The van der Waals surface area contributed by atoms with Crippen molar-refractivity contribution in [1.82, 2.24) is 5.32 Å². The molecule has 0 aliphatic carbocycles. The van der Waals surface area contributed by atoms with Gasteiger partial charge in [0.05, 0.1) is 18.0 Å². The topological polar surface area (TPSA) is 111 Å². The molecule has 1 atom stereocenters. The number of hydrogen-bond donors (Lipinski definition) is 2. The lowest BCUT2D eigenvalue weighted by molar-refractivity contribution is -0.384. The summed E-state index contributed by atoms with van der Waals surface area (Å²) in [6.45, 7) is 0. The molecule has 192 valence electrons. The Hall–Kier alpha value is -4.98. The van der Waals surface area contributed by atoms with E-state index in [2.05, 4.69) is 10.6 Å². The number of nitrogens with zero attached hydrogens (tertiary/aromatic N) is 1. The van der Waals surface area contributed by atoms with Crippen molar-refractivity contribution in [3.63, 3.8) is 0 Å². The van der Waals surface area contributed by atoms with E-state index in [0.29, 0.717) is 17.0 Å². The maximum absolute atomic E-state index is 13.7. The lowest BCUT2D eigenvalue weighted by atomic mass is 9.90. The Morgan fingerprint density at radius 2 is 1.34 bits per heavy atom. The minimum absolute atomic E-state index is 0.0507. The third-order valence-corrected chi connectivity index (χ3v) is 6.11. The quantitative estimate of drug-likeness (QED) is 0.228. The van der Waals surface area contributed by atoms with E-state index in [9.17, 15) is 19.7 Å². The average Bonchev–Trinajstić information content (AvgIpc) is 2.94. The van der Waals surface area contributed by atoms with Gasteiger partial charge in [0.2, 0.25) is 11.8 Å². The minimum atomic E-state index is -0.944. The molecule has 0 aromatic heterocycles. The van der Waals surface area contributed by atoms with Crippen LogP contribution in [0.2, 0.25) is 0 Å². The monoisotopic (exact) mass is 509 g/mol. The zero-order valence-electron chi connectivity index (χ0n) is 20.7. The van der Waals surface area contributed by atoms with Crippen LogP contribution in [-0.4, -0.2) is 29.9 Å². The van der Waals surface area contributed by atoms with Crippen LogP contribution in [0.15, 0.2) is 109 Å². The first-order valence-electron chi connectivity index (χ1n) is 12.0. The van der Waals surface area contributed by atoms with Gasteiger partial charge >= 0.3 is 0 Å². The number of rotatable bonds is 10. The fourth-order valence-electron chi connectivity index (χ4n) is 4.14. The number of benzene rings is 4. The number of nitro benzene ring substituents is 1. The standard InChI is InChI=1S/C30H27N3O5/c1-38-26-18-14-24(15-19-26)31-29(34)27(20-21-12-16-25(17-13-21)33(36)37)32-30(35)28(22-8-4-2-5-9-22)23-10-6-3-7-11-23/h2-19,27-28H,20H2,1H3,(H,31,34)(H,32,35)/t27-/m0/s1. The van der Waals surface area contributed by atoms with Crippen molar-refractivity contribution in [3.05, 3.63) is 136 Å². The largest absolute Gasteiger partial charge is 0.497 e. The van der Waals surface area contributed by atoms with Gasteiger partial charge in [-0.25, -0.2) is 0 Å². The number of hydrogen-bond acceptors (Lipinski definition) is 5. The summed E-state index contributed by atoms with van der Waals surface area (Å²) >= 11 is 0. The van der Waals surface area contributed by atoms with Gasteiger partial charge in [-0.05, 0) is 41.0 Å². The van der Waals surface area contributed by atoms with Gasteiger partial charge in [0.1, 0.15) is 11.8 Å². The van der Waals surface area contributed by atoms with Crippen molar-refractivity contribution in [2.24, 2.45) is 0 Å². The highest BCUT2D eigenvalue weighted by Gasteiger charge is 2.28. The zero-order chi connectivity index (χ0) is 26.9. The summed E-state index contributed by atoms with van der Waals surface area (Å²) in [6, 6.07) is 30.6. The van der Waals surface area contributed by atoms with Crippen LogP contribution < -0.4 is 15.4 Å². The number of amides is 2. The molecule has 0 unspecified atom stereocenters. The first kappa shape index (κ1) is 26.1. The average molecular weight is 510 g/mol. The Balaban J connectivity index is 1.62. The summed E-state index contributed by atoms with van der Waals surface area (Å²) in [5, 5.41) is 16.8. The first-order chi connectivity index (χ1) is 18.4. The Morgan fingerprint density at radius 3 is 1.84 bits per heavy atom. The molecule has 0 bridgehead atoms. The van der Waals surface area contributed by atoms with Crippen LogP contribution in [0.4, 0.5) is 11.4 Å². The molecule has 0 saturated carbocycles. The Morgan fingerprint density at radius 1 is 0.789 bits per heavy atom. The second-order valence-corrected chi connectivity index (χ2v) is 8.66. The molecular weight excluding hydrogens is 482 g/mol. The molecule has 2 N–H and O–H groups in total. The molecule has 0 fully saturated rings. The molecule has 0 aliphatic rings. The van der Waals surface area contributed by atoms with Crippen LogP contribution in [-0.2, 0) is 16.0 Å². The van der Waals surface area contributed by atoms with Gasteiger partial charge in [-0.1, -0.05) is 72.8 Å². The number of anilines is 1. The molecule has 4 aromatic carbocycles. The molecule has 0 radical (unpaired) electrons. The van der Waals surface area contributed by atoms with Crippen LogP contribution in [0.3, 0.4) is 0 Å². The van der Waals surface area contributed by atoms with Gasteiger partial charge in [-0.15, -0.1) is 0 Å². The van der Waals surface area contributed by atoms with Crippen molar-refractivity contribution >= 4 is 23.2 Å². The van der Waals surface area contributed by atoms with Crippen LogP contribution in [0.25, 0.3) is 0 Å². The van der Waals surface area contributed by atoms with Gasteiger partial charge in [0.15, 0.2) is 0 Å². The lowest BCUT2D eigenvalue weighted by Gasteiger charge is -2.23. The second kappa shape index (κ2) is 12.3. The third kappa shape index (κ3) is 6.61. The summed E-state index contributed by atoms with van der Waals surface area (Å²) in [5.41, 5.74) is 2.75. The molecule has 2 amide bonds. The third-order valence-electron chi connectivity index (χ3n) is 6.11. The zero-order valence-corrected chi connectivity index (χ0v) is 20.7. The van der Waals surface area contributed by atoms with Crippen LogP contribution in [0.1, 0.15) is 22.6 Å². The summed E-state index contributed by atoms with van der Waals surface area (Å²) < 4.78 is 5.17. The molecule has 4 aromatic rings.